The van der Waals surface area contributed by atoms with Crippen molar-refractivity contribution < 1.29 is 4.92 Å². The van der Waals surface area contributed by atoms with Crippen molar-refractivity contribution in [2.75, 3.05) is 45.1 Å². The molecule has 1 heterocycles. The minimum atomic E-state index is -0.314. The largest absolute Gasteiger partial charge is 0.380 e. The van der Waals surface area contributed by atoms with E-state index in [0.717, 1.165) is 38.3 Å². The van der Waals surface area contributed by atoms with Crippen molar-refractivity contribution in [2.24, 2.45) is 0 Å². The molecule has 0 radical (unpaired) electrons. The normalized spacial score (nSPS) is 17.1. The quantitative estimate of drug-likeness (QED) is 0.657. The van der Waals surface area contributed by atoms with Crippen molar-refractivity contribution in [1.82, 2.24) is 9.80 Å². The molecule has 0 aromatic heterocycles. The number of likely N-dealkylation sites (N-methyl/N-ethyl adjacent to an activating group) is 1. The minimum absolute atomic E-state index is 0.165. The molecule has 0 spiro atoms. The molecule has 110 valence electrons. The topological polar surface area (TPSA) is 61.6 Å². The predicted molar refractivity (Wildman–Crippen MR) is 80.0 cm³/mol. The van der Waals surface area contributed by atoms with Crippen molar-refractivity contribution in [2.45, 2.75) is 13.5 Å². The van der Waals surface area contributed by atoms with Crippen LogP contribution < -0.4 is 5.32 Å². The average Bonchev–Trinajstić information content (AvgIpc) is 2.43. The second kappa shape index (κ2) is 6.67. The zero-order chi connectivity index (χ0) is 14.5. The lowest BCUT2D eigenvalue weighted by atomic mass is 10.1. The lowest BCUT2D eigenvalue weighted by molar-refractivity contribution is -0.384. The van der Waals surface area contributed by atoms with Gasteiger partial charge in [-0.2, -0.15) is 0 Å². The maximum atomic E-state index is 11.1. The van der Waals surface area contributed by atoms with Gasteiger partial charge in [0.25, 0.3) is 5.69 Å². The summed E-state index contributed by atoms with van der Waals surface area (Å²) < 4.78 is 0. The SMILES string of the molecule is CCNc1ccc(CN2CCN(C)CC2)cc1[N+](=O)[O-]. The molecule has 2 rings (SSSR count). The molecule has 1 aliphatic heterocycles. The van der Waals surface area contributed by atoms with Crippen LogP contribution in [0, 0.1) is 10.1 Å². The van der Waals surface area contributed by atoms with Crippen LogP contribution in [0.15, 0.2) is 18.2 Å². The van der Waals surface area contributed by atoms with Gasteiger partial charge in [-0.25, -0.2) is 0 Å². The Labute approximate surface area is 119 Å². The van der Waals surface area contributed by atoms with Gasteiger partial charge in [-0.1, -0.05) is 6.07 Å². The first-order valence-corrected chi connectivity index (χ1v) is 7.02. The van der Waals surface area contributed by atoms with Gasteiger partial charge in [0, 0.05) is 45.3 Å². The van der Waals surface area contributed by atoms with Crippen LogP contribution in [0.5, 0.6) is 0 Å². The number of piperazine rings is 1. The van der Waals surface area contributed by atoms with Crippen LogP contribution in [0.2, 0.25) is 0 Å². The molecule has 6 nitrogen and oxygen atoms in total. The molecule has 20 heavy (non-hydrogen) atoms. The molecule has 0 atom stereocenters. The number of rotatable bonds is 5. The molecule has 0 amide bonds. The van der Waals surface area contributed by atoms with Crippen LogP contribution in [0.1, 0.15) is 12.5 Å². The van der Waals surface area contributed by atoms with Crippen LogP contribution in [-0.2, 0) is 6.54 Å². The minimum Gasteiger partial charge on any atom is -0.380 e. The second-order valence-corrected chi connectivity index (χ2v) is 5.22. The van der Waals surface area contributed by atoms with Crippen molar-refractivity contribution in [3.63, 3.8) is 0 Å². The molecule has 1 aromatic carbocycles. The van der Waals surface area contributed by atoms with E-state index < -0.39 is 0 Å². The Balaban J connectivity index is 2.08. The molecule has 6 heteroatoms. The van der Waals surface area contributed by atoms with Crippen molar-refractivity contribution in [3.05, 3.63) is 33.9 Å². The molecule has 0 bridgehead atoms. The van der Waals surface area contributed by atoms with E-state index in [1.54, 1.807) is 6.07 Å². The van der Waals surface area contributed by atoms with Gasteiger partial charge in [0.2, 0.25) is 0 Å². The number of anilines is 1. The molecule has 0 aliphatic carbocycles. The highest BCUT2D eigenvalue weighted by molar-refractivity contribution is 5.62. The van der Waals surface area contributed by atoms with Crippen LogP contribution >= 0.6 is 0 Å². The highest BCUT2D eigenvalue weighted by Crippen LogP contribution is 2.26. The number of hydrogen-bond donors (Lipinski definition) is 1. The van der Waals surface area contributed by atoms with Crippen LogP contribution in [0.25, 0.3) is 0 Å². The Kier molecular flexibility index (Phi) is 4.92. The monoisotopic (exact) mass is 278 g/mol. The fourth-order valence-corrected chi connectivity index (χ4v) is 2.43. The first-order chi connectivity index (χ1) is 9.60. The number of hydrogen-bond acceptors (Lipinski definition) is 5. The van der Waals surface area contributed by atoms with E-state index in [0.29, 0.717) is 12.2 Å². The predicted octanol–water partition coefficient (Wildman–Crippen LogP) is 1.77. The average molecular weight is 278 g/mol. The van der Waals surface area contributed by atoms with E-state index in [1.165, 1.54) is 0 Å². The molecule has 0 saturated carbocycles. The summed E-state index contributed by atoms with van der Waals surface area (Å²) in [5, 5.41) is 14.2. The number of nitro benzene ring substituents is 1. The summed E-state index contributed by atoms with van der Waals surface area (Å²) in [4.78, 5) is 15.5. The van der Waals surface area contributed by atoms with Gasteiger partial charge in [-0.15, -0.1) is 0 Å². The Morgan fingerprint density at radius 2 is 2.00 bits per heavy atom. The summed E-state index contributed by atoms with van der Waals surface area (Å²) in [6, 6.07) is 5.48. The van der Waals surface area contributed by atoms with E-state index in [9.17, 15) is 10.1 Å². The lowest BCUT2D eigenvalue weighted by Gasteiger charge is -2.32. The van der Waals surface area contributed by atoms with Gasteiger partial charge in [0.1, 0.15) is 5.69 Å². The summed E-state index contributed by atoms with van der Waals surface area (Å²) in [6.45, 7) is 7.52. The fraction of sp³-hybridized carbons (Fsp3) is 0.571. The molecule has 1 fully saturated rings. The van der Waals surface area contributed by atoms with Crippen LogP contribution in [0.4, 0.5) is 11.4 Å². The molecule has 1 N–H and O–H groups in total. The Morgan fingerprint density at radius 1 is 1.30 bits per heavy atom. The lowest BCUT2D eigenvalue weighted by Crippen LogP contribution is -2.43. The third-order valence-electron chi connectivity index (χ3n) is 3.63. The maximum absolute atomic E-state index is 11.1. The summed E-state index contributed by atoms with van der Waals surface area (Å²) in [7, 11) is 2.12. The van der Waals surface area contributed by atoms with E-state index in [1.807, 2.05) is 19.1 Å². The molecule has 0 unspecified atom stereocenters. The van der Waals surface area contributed by atoms with Gasteiger partial charge in [0.05, 0.1) is 4.92 Å². The summed E-state index contributed by atoms with van der Waals surface area (Å²) in [5.41, 5.74) is 1.76. The number of nitrogens with zero attached hydrogens (tertiary/aromatic N) is 3. The number of nitro groups is 1. The zero-order valence-electron chi connectivity index (χ0n) is 12.1. The fourth-order valence-electron chi connectivity index (χ4n) is 2.43. The summed E-state index contributed by atoms with van der Waals surface area (Å²) >= 11 is 0. The first kappa shape index (κ1) is 14.7. The van der Waals surface area contributed by atoms with Crippen LogP contribution in [-0.4, -0.2) is 54.5 Å². The standard InChI is InChI=1S/C14H22N4O2/c1-3-15-13-5-4-12(10-14(13)18(19)20)11-17-8-6-16(2)7-9-17/h4-5,10,15H,3,6-9,11H2,1-2H3. The number of nitrogens with one attached hydrogen (secondary N) is 1. The van der Waals surface area contributed by atoms with E-state index in [-0.39, 0.29) is 10.6 Å². The van der Waals surface area contributed by atoms with Crippen molar-refractivity contribution in [3.8, 4) is 0 Å². The van der Waals surface area contributed by atoms with E-state index in [4.69, 9.17) is 0 Å². The highest BCUT2D eigenvalue weighted by atomic mass is 16.6. The van der Waals surface area contributed by atoms with Crippen LogP contribution in [0.3, 0.4) is 0 Å². The number of benzene rings is 1. The Hall–Kier alpha value is -1.66. The van der Waals surface area contributed by atoms with Crippen molar-refractivity contribution >= 4 is 11.4 Å². The van der Waals surface area contributed by atoms with E-state index in [2.05, 4.69) is 22.2 Å². The second-order valence-electron chi connectivity index (χ2n) is 5.22. The Bertz CT molecular complexity index is 470. The van der Waals surface area contributed by atoms with Gasteiger partial charge in [0.15, 0.2) is 0 Å². The first-order valence-electron chi connectivity index (χ1n) is 7.02. The highest BCUT2D eigenvalue weighted by Gasteiger charge is 2.17. The zero-order valence-corrected chi connectivity index (χ0v) is 12.1. The maximum Gasteiger partial charge on any atom is 0.292 e. The molecular formula is C14H22N4O2. The smallest absolute Gasteiger partial charge is 0.292 e. The van der Waals surface area contributed by atoms with E-state index >= 15 is 0 Å². The molecular weight excluding hydrogens is 256 g/mol. The summed E-state index contributed by atoms with van der Waals surface area (Å²) in [5.74, 6) is 0. The van der Waals surface area contributed by atoms with Gasteiger partial charge < -0.3 is 10.2 Å². The molecule has 1 saturated heterocycles. The summed E-state index contributed by atoms with van der Waals surface area (Å²) in [6.07, 6.45) is 0. The van der Waals surface area contributed by atoms with Gasteiger partial charge in [-0.3, -0.25) is 15.0 Å². The van der Waals surface area contributed by atoms with Gasteiger partial charge in [-0.05, 0) is 25.6 Å². The third-order valence-corrected chi connectivity index (χ3v) is 3.63. The van der Waals surface area contributed by atoms with Gasteiger partial charge >= 0.3 is 0 Å². The molecule has 1 aliphatic rings. The molecule has 1 aromatic rings. The van der Waals surface area contributed by atoms with Crippen molar-refractivity contribution in [1.29, 1.82) is 0 Å². The third kappa shape index (κ3) is 3.68. The Morgan fingerprint density at radius 3 is 2.60 bits per heavy atom.